The van der Waals surface area contributed by atoms with Crippen molar-refractivity contribution in [3.8, 4) is 11.6 Å². The van der Waals surface area contributed by atoms with Crippen LogP contribution in [0.25, 0.3) is 5.82 Å². The molecule has 9 heteroatoms. The number of carbonyl (C=O) groups excluding carboxylic acids is 1. The van der Waals surface area contributed by atoms with E-state index in [-0.39, 0.29) is 11.9 Å². The molecule has 1 aliphatic carbocycles. The van der Waals surface area contributed by atoms with Gasteiger partial charge >= 0.3 is 0 Å². The van der Waals surface area contributed by atoms with Crippen molar-refractivity contribution in [3.63, 3.8) is 0 Å². The van der Waals surface area contributed by atoms with E-state index >= 15 is 0 Å². The number of amides is 1. The van der Waals surface area contributed by atoms with Gasteiger partial charge in [0, 0.05) is 42.5 Å². The molecular formula is C27H33ClN6O2. The Morgan fingerprint density at radius 2 is 1.94 bits per heavy atom. The van der Waals surface area contributed by atoms with Crippen LogP contribution in [0.2, 0.25) is 5.02 Å². The normalized spacial score (nSPS) is 18.6. The predicted molar refractivity (Wildman–Crippen MR) is 142 cm³/mol. The van der Waals surface area contributed by atoms with Crippen molar-refractivity contribution >= 4 is 29.3 Å². The lowest BCUT2D eigenvalue weighted by Crippen LogP contribution is -2.44. The van der Waals surface area contributed by atoms with Gasteiger partial charge in [0.25, 0.3) is 0 Å². The van der Waals surface area contributed by atoms with Crippen molar-refractivity contribution in [2.75, 3.05) is 24.3 Å². The Bertz CT molecular complexity index is 1180. The number of fused-ring (bicyclic) bond motifs is 1. The average Bonchev–Trinajstić information content (AvgIpc) is 3.44. The maximum absolute atomic E-state index is 13.7. The quantitative estimate of drug-likeness (QED) is 0.379. The summed E-state index contributed by atoms with van der Waals surface area (Å²) in [6.07, 6.45) is 11.4. The molecule has 0 bridgehead atoms. The molecule has 2 aliphatic rings. The molecule has 2 atom stereocenters. The first kappa shape index (κ1) is 24.4. The van der Waals surface area contributed by atoms with Gasteiger partial charge in [-0.25, -0.2) is 0 Å². The van der Waals surface area contributed by atoms with E-state index in [4.69, 9.17) is 16.3 Å². The molecule has 1 fully saturated rings. The molecule has 3 heterocycles. The summed E-state index contributed by atoms with van der Waals surface area (Å²) in [4.78, 5) is 22.9. The molecule has 0 spiro atoms. The Kier molecular flexibility index (Phi) is 7.60. The summed E-state index contributed by atoms with van der Waals surface area (Å²) >= 11 is 6.26. The lowest BCUT2D eigenvalue weighted by atomic mass is 9.84. The van der Waals surface area contributed by atoms with Crippen LogP contribution in [0.1, 0.15) is 56.6 Å². The number of carbonyl (C=O) groups is 1. The highest BCUT2D eigenvalue weighted by Crippen LogP contribution is 2.35. The van der Waals surface area contributed by atoms with Crippen LogP contribution in [0, 0.1) is 5.92 Å². The summed E-state index contributed by atoms with van der Waals surface area (Å²) in [7, 11) is 1.79. The molecule has 3 aromatic rings. The van der Waals surface area contributed by atoms with E-state index in [2.05, 4.69) is 25.9 Å². The summed E-state index contributed by atoms with van der Waals surface area (Å²) < 4.78 is 7.71. The molecule has 3 N–H and O–H groups in total. The zero-order valence-electron chi connectivity index (χ0n) is 20.5. The van der Waals surface area contributed by atoms with Crippen LogP contribution in [-0.2, 0) is 4.79 Å². The van der Waals surface area contributed by atoms with Gasteiger partial charge in [0.15, 0.2) is 0 Å². The third kappa shape index (κ3) is 5.75. The Balaban J connectivity index is 1.39. The molecule has 1 saturated carbocycles. The molecule has 2 aromatic heterocycles. The lowest BCUT2D eigenvalue weighted by Gasteiger charge is -2.31. The smallest absolute Gasteiger partial charge is 0.243 e. The van der Waals surface area contributed by atoms with E-state index in [1.165, 1.54) is 19.3 Å². The van der Waals surface area contributed by atoms with Crippen LogP contribution in [0.5, 0.6) is 5.75 Å². The number of hydrogen-bond donors (Lipinski definition) is 3. The number of rotatable bonds is 8. The van der Waals surface area contributed by atoms with Gasteiger partial charge in [0.05, 0.1) is 12.6 Å². The number of halogens is 1. The summed E-state index contributed by atoms with van der Waals surface area (Å²) in [5.74, 6) is 3.08. The first-order valence-corrected chi connectivity index (χ1v) is 13.2. The van der Waals surface area contributed by atoms with Gasteiger partial charge in [-0.15, -0.1) is 0 Å². The average molecular weight is 509 g/mol. The highest BCUT2D eigenvalue weighted by atomic mass is 35.5. The predicted octanol–water partition coefficient (Wildman–Crippen LogP) is 5.35. The zero-order valence-corrected chi connectivity index (χ0v) is 21.3. The first-order valence-electron chi connectivity index (χ1n) is 12.8. The molecular weight excluding hydrogens is 476 g/mol. The second-order valence-electron chi connectivity index (χ2n) is 9.59. The molecule has 5 rings (SSSR count). The molecule has 190 valence electrons. The van der Waals surface area contributed by atoms with E-state index in [0.717, 1.165) is 36.4 Å². The van der Waals surface area contributed by atoms with Crippen molar-refractivity contribution in [2.24, 2.45) is 5.92 Å². The third-order valence-electron chi connectivity index (χ3n) is 7.07. The molecule has 1 amide bonds. The van der Waals surface area contributed by atoms with Crippen LogP contribution >= 0.6 is 11.6 Å². The Labute approximate surface area is 216 Å². The van der Waals surface area contributed by atoms with Crippen LogP contribution in [0.15, 0.2) is 48.8 Å². The van der Waals surface area contributed by atoms with Crippen molar-refractivity contribution in [1.82, 2.24) is 19.9 Å². The van der Waals surface area contributed by atoms with E-state index in [1.54, 1.807) is 7.05 Å². The number of benzene rings is 1. The minimum absolute atomic E-state index is 0.0365. The largest absolute Gasteiger partial charge is 0.493 e. The number of nitrogens with zero attached hydrogens (tertiary/aromatic N) is 3. The second kappa shape index (κ2) is 11.2. The number of hydrogen-bond acceptors (Lipinski definition) is 6. The molecule has 1 aliphatic heterocycles. The van der Waals surface area contributed by atoms with Gasteiger partial charge in [0.2, 0.25) is 11.9 Å². The van der Waals surface area contributed by atoms with Gasteiger partial charge in [-0.3, -0.25) is 4.79 Å². The van der Waals surface area contributed by atoms with E-state index in [1.807, 2.05) is 53.4 Å². The fourth-order valence-corrected chi connectivity index (χ4v) is 5.37. The minimum atomic E-state index is -0.421. The number of aromatic nitrogens is 3. The summed E-state index contributed by atoms with van der Waals surface area (Å²) in [5, 5.41) is 10.4. The van der Waals surface area contributed by atoms with E-state index in [9.17, 15) is 4.79 Å². The molecule has 0 radical (unpaired) electrons. The van der Waals surface area contributed by atoms with Gasteiger partial charge in [-0.2, -0.15) is 9.97 Å². The van der Waals surface area contributed by atoms with Crippen LogP contribution in [0.4, 0.5) is 11.8 Å². The van der Waals surface area contributed by atoms with Crippen molar-refractivity contribution in [3.05, 3.63) is 59.4 Å². The monoisotopic (exact) mass is 508 g/mol. The first-order chi connectivity index (χ1) is 17.6. The summed E-state index contributed by atoms with van der Waals surface area (Å²) in [5.41, 5.74) is 0.924. The van der Waals surface area contributed by atoms with Gasteiger partial charge in [-0.1, -0.05) is 43.7 Å². The molecule has 1 aromatic carbocycles. The van der Waals surface area contributed by atoms with E-state index in [0.29, 0.717) is 35.7 Å². The Hall–Kier alpha value is -3.26. The Morgan fingerprint density at radius 3 is 2.72 bits per heavy atom. The molecule has 8 nitrogen and oxygen atoms in total. The van der Waals surface area contributed by atoms with Crippen LogP contribution < -0.4 is 20.7 Å². The zero-order chi connectivity index (χ0) is 24.9. The molecule has 2 unspecified atom stereocenters. The second-order valence-corrected chi connectivity index (χ2v) is 10.0. The summed E-state index contributed by atoms with van der Waals surface area (Å²) in [6.45, 7) is 0.554. The topological polar surface area (TPSA) is 93.1 Å². The highest BCUT2D eigenvalue weighted by Gasteiger charge is 2.29. The number of nitrogens with one attached hydrogen (secondary N) is 3. The minimum Gasteiger partial charge on any atom is -0.493 e. The van der Waals surface area contributed by atoms with Crippen molar-refractivity contribution in [1.29, 1.82) is 0 Å². The van der Waals surface area contributed by atoms with Crippen molar-refractivity contribution < 1.29 is 9.53 Å². The fraction of sp³-hybridized carbons (Fsp3) is 0.444. The molecule has 36 heavy (non-hydrogen) atoms. The number of ether oxygens (including phenoxy) is 1. The Morgan fingerprint density at radius 1 is 1.14 bits per heavy atom. The maximum Gasteiger partial charge on any atom is 0.243 e. The standard InChI is InChI=1S/C27H33ClN6O2/c1-29-27-32-24(17-25(33-27)34-12-5-6-13-34)30-22(15-18-7-3-2-4-8-18)26(35)31-21-11-14-36-23-10-9-19(28)16-20(21)23/h5-6,9-10,12-13,16-18,21-22H,2-4,7-8,11,14-15H2,1H3,(H,31,35)(H2,29,30,32,33). The van der Waals surface area contributed by atoms with Gasteiger partial charge < -0.3 is 25.3 Å². The summed E-state index contributed by atoms with van der Waals surface area (Å²) in [6, 6.07) is 10.8. The SMILES string of the molecule is CNc1nc(NC(CC2CCCCC2)C(=O)NC2CCOc3ccc(Cl)cc32)cc(-n2cccc2)n1. The maximum atomic E-state index is 13.7. The lowest BCUT2D eigenvalue weighted by molar-refractivity contribution is -0.123. The fourth-order valence-electron chi connectivity index (χ4n) is 5.19. The van der Waals surface area contributed by atoms with Crippen molar-refractivity contribution in [2.45, 2.75) is 57.0 Å². The highest BCUT2D eigenvalue weighted by molar-refractivity contribution is 6.30. The van der Waals surface area contributed by atoms with Crippen LogP contribution in [0.3, 0.4) is 0 Å². The van der Waals surface area contributed by atoms with Gasteiger partial charge in [-0.05, 0) is 42.7 Å². The third-order valence-corrected chi connectivity index (χ3v) is 7.30. The van der Waals surface area contributed by atoms with Gasteiger partial charge in [0.1, 0.15) is 23.4 Å². The molecule has 0 saturated heterocycles. The number of anilines is 2. The van der Waals surface area contributed by atoms with E-state index < -0.39 is 6.04 Å². The van der Waals surface area contributed by atoms with Crippen LogP contribution in [-0.4, -0.2) is 40.1 Å².